The number of methoxy groups -OCH3 is 2. The Morgan fingerprint density at radius 3 is 2.52 bits per heavy atom. The minimum absolute atomic E-state index is 0.0180. The summed E-state index contributed by atoms with van der Waals surface area (Å²) in [4.78, 5) is 23.7. The highest BCUT2D eigenvalue weighted by molar-refractivity contribution is 6.07. The van der Waals surface area contributed by atoms with Crippen molar-refractivity contribution in [1.29, 1.82) is 0 Å². The lowest BCUT2D eigenvalue weighted by Crippen LogP contribution is -2.47. The smallest absolute Gasteiger partial charge is 0.325 e. The van der Waals surface area contributed by atoms with Gasteiger partial charge in [0.05, 0.1) is 19.9 Å². The Balaban J connectivity index is 2.04. The van der Waals surface area contributed by atoms with Crippen LogP contribution in [0, 0.1) is 11.8 Å². The Morgan fingerprint density at radius 2 is 1.88 bits per heavy atom. The fourth-order valence-corrected chi connectivity index (χ4v) is 3.71. The molecule has 1 aliphatic heterocycles. The van der Waals surface area contributed by atoms with Gasteiger partial charge in [0.15, 0.2) is 11.5 Å². The number of hydrogen-bond donors (Lipinski definition) is 1. The van der Waals surface area contributed by atoms with Crippen LogP contribution in [0.25, 0.3) is 0 Å². The van der Waals surface area contributed by atoms with Crippen molar-refractivity contribution < 1.29 is 24.2 Å². The number of amides is 1. The van der Waals surface area contributed by atoms with Crippen molar-refractivity contribution in [2.75, 3.05) is 20.8 Å². The number of nitrogens with zero attached hydrogens (tertiary/aromatic N) is 2. The topological polar surface area (TPSA) is 88.4 Å². The van der Waals surface area contributed by atoms with Crippen LogP contribution in [-0.4, -0.2) is 48.5 Å². The molecule has 0 bridgehead atoms. The first-order valence-corrected chi connectivity index (χ1v) is 8.39. The lowest BCUT2D eigenvalue weighted by molar-refractivity contribution is -0.148. The van der Waals surface area contributed by atoms with Crippen LogP contribution in [0.1, 0.15) is 31.2 Å². The molecule has 1 aromatic rings. The van der Waals surface area contributed by atoms with Crippen LogP contribution in [0.2, 0.25) is 0 Å². The van der Waals surface area contributed by atoms with Gasteiger partial charge in [0.25, 0.3) is 0 Å². The normalized spacial score (nSPS) is 22.9. The first-order chi connectivity index (χ1) is 12.0. The van der Waals surface area contributed by atoms with Crippen LogP contribution >= 0.6 is 0 Å². The molecule has 0 saturated heterocycles. The van der Waals surface area contributed by atoms with Gasteiger partial charge >= 0.3 is 5.97 Å². The maximum absolute atomic E-state index is 12.6. The Morgan fingerprint density at radius 1 is 1.20 bits per heavy atom. The molecule has 2 atom stereocenters. The van der Waals surface area contributed by atoms with Gasteiger partial charge in [-0.3, -0.25) is 9.59 Å². The van der Waals surface area contributed by atoms with Crippen molar-refractivity contribution in [3.05, 3.63) is 23.8 Å². The number of carbonyl (C=O) groups excluding carboxylic acids is 1. The summed E-state index contributed by atoms with van der Waals surface area (Å²) in [6.07, 6.45) is 3.67. The third-order valence-electron chi connectivity index (χ3n) is 4.88. The van der Waals surface area contributed by atoms with E-state index in [2.05, 4.69) is 5.10 Å². The molecule has 3 rings (SSSR count). The van der Waals surface area contributed by atoms with Crippen LogP contribution in [0.5, 0.6) is 11.5 Å². The minimum atomic E-state index is -1.07. The summed E-state index contributed by atoms with van der Waals surface area (Å²) >= 11 is 0. The summed E-state index contributed by atoms with van der Waals surface area (Å²) in [6, 6.07) is 5.51. The molecule has 1 aromatic carbocycles. The molecule has 0 spiro atoms. The molecule has 1 fully saturated rings. The largest absolute Gasteiger partial charge is 0.493 e. The molecular formula is C18H22N2O5. The number of carboxylic acid groups (broad SMARTS) is 1. The second kappa shape index (κ2) is 7.13. The Labute approximate surface area is 146 Å². The van der Waals surface area contributed by atoms with Crippen molar-refractivity contribution in [1.82, 2.24) is 5.01 Å². The predicted octanol–water partition coefficient (Wildman–Crippen LogP) is 2.14. The second-order valence-corrected chi connectivity index (χ2v) is 6.34. The molecule has 7 heteroatoms. The maximum Gasteiger partial charge on any atom is 0.325 e. The maximum atomic E-state index is 12.6. The van der Waals surface area contributed by atoms with Gasteiger partial charge in [-0.2, -0.15) is 5.10 Å². The summed E-state index contributed by atoms with van der Waals surface area (Å²) in [6.45, 7) is -0.418. The monoisotopic (exact) mass is 346 g/mol. The molecule has 25 heavy (non-hydrogen) atoms. The van der Waals surface area contributed by atoms with Crippen molar-refractivity contribution in [2.24, 2.45) is 16.9 Å². The highest BCUT2D eigenvalue weighted by Crippen LogP contribution is 2.38. The third kappa shape index (κ3) is 3.31. The number of hydrazone groups is 1. The number of rotatable bonds is 5. The summed E-state index contributed by atoms with van der Waals surface area (Å²) in [5, 5.41) is 14.6. The van der Waals surface area contributed by atoms with Gasteiger partial charge in [0, 0.05) is 17.4 Å². The van der Waals surface area contributed by atoms with Gasteiger partial charge in [-0.1, -0.05) is 12.8 Å². The molecule has 1 amide bonds. The van der Waals surface area contributed by atoms with Gasteiger partial charge in [-0.25, -0.2) is 5.01 Å². The van der Waals surface area contributed by atoms with Crippen molar-refractivity contribution >= 4 is 17.6 Å². The van der Waals surface area contributed by atoms with E-state index in [4.69, 9.17) is 14.6 Å². The summed E-state index contributed by atoms with van der Waals surface area (Å²) < 4.78 is 10.6. The van der Waals surface area contributed by atoms with Crippen LogP contribution in [-0.2, 0) is 9.59 Å². The van der Waals surface area contributed by atoms with E-state index in [-0.39, 0.29) is 17.7 Å². The molecule has 134 valence electrons. The zero-order valence-corrected chi connectivity index (χ0v) is 14.4. The molecule has 2 aliphatic rings. The van der Waals surface area contributed by atoms with E-state index in [0.29, 0.717) is 11.5 Å². The van der Waals surface area contributed by atoms with Crippen molar-refractivity contribution in [3.8, 4) is 11.5 Å². The average Bonchev–Trinajstić information content (AvgIpc) is 2.63. The molecule has 1 saturated carbocycles. The van der Waals surface area contributed by atoms with Gasteiger partial charge < -0.3 is 14.6 Å². The standard InChI is InChI=1S/C18H22N2O5/c1-24-14-8-7-11(9-15(14)25-2)17-12-5-3-4-6-13(12)18(23)20(19-17)10-16(21)22/h7-9,12-13H,3-6,10H2,1-2H3,(H,21,22). The van der Waals surface area contributed by atoms with E-state index < -0.39 is 12.5 Å². The molecule has 1 aliphatic carbocycles. The molecule has 2 unspecified atom stereocenters. The van der Waals surface area contributed by atoms with E-state index in [1.807, 2.05) is 12.1 Å². The van der Waals surface area contributed by atoms with E-state index in [0.717, 1.165) is 42.0 Å². The van der Waals surface area contributed by atoms with Gasteiger partial charge in [-0.05, 0) is 31.0 Å². The van der Waals surface area contributed by atoms with Crippen molar-refractivity contribution in [2.45, 2.75) is 25.7 Å². The fourth-order valence-electron chi connectivity index (χ4n) is 3.71. The first-order valence-electron chi connectivity index (χ1n) is 8.39. The summed E-state index contributed by atoms with van der Waals surface area (Å²) in [5.74, 6) is -0.245. The van der Waals surface area contributed by atoms with E-state index in [1.165, 1.54) is 0 Å². The van der Waals surface area contributed by atoms with Gasteiger partial charge in [0.1, 0.15) is 6.54 Å². The molecule has 1 heterocycles. The van der Waals surface area contributed by atoms with E-state index in [1.54, 1.807) is 20.3 Å². The molecular weight excluding hydrogens is 324 g/mol. The van der Waals surface area contributed by atoms with Crippen LogP contribution in [0.4, 0.5) is 0 Å². The Kier molecular flexibility index (Phi) is 4.92. The van der Waals surface area contributed by atoms with E-state index in [9.17, 15) is 9.59 Å². The van der Waals surface area contributed by atoms with Crippen LogP contribution in [0.3, 0.4) is 0 Å². The molecule has 1 N–H and O–H groups in total. The predicted molar refractivity (Wildman–Crippen MR) is 90.9 cm³/mol. The minimum Gasteiger partial charge on any atom is -0.493 e. The number of hydrogen-bond acceptors (Lipinski definition) is 5. The highest BCUT2D eigenvalue weighted by atomic mass is 16.5. The molecule has 7 nitrogen and oxygen atoms in total. The average molecular weight is 346 g/mol. The quantitative estimate of drug-likeness (QED) is 0.882. The summed E-state index contributed by atoms with van der Waals surface area (Å²) in [7, 11) is 3.13. The molecule has 0 aromatic heterocycles. The van der Waals surface area contributed by atoms with E-state index >= 15 is 0 Å². The highest BCUT2D eigenvalue weighted by Gasteiger charge is 2.41. The van der Waals surface area contributed by atoms with Crippen molar-refractivity contribution in [3.63, 3.8) is 0 Å². The Bertz CT molecular complexity index is 715. The zero-order chi connectivity index (χ0) is 18.0. The third-order valence-corrected chi connectivity index (χ3v) is 4.88. The number of carbonyl (C=O) groups is 2. The summed E-state index contributed by atoms with van der Waals surface area (Å²) in [5.41, 5.74) is 1.59. The second-order valence-electron chi connectivity index (χ2n) is 6.34. The first kappa shape index (κ1) is 17.3. The Hall–Kier alpha value is -2.57. The lowest BCUT2D eigenvalue weighted by Gasteiger charge is -2.38. The number of ether oxygens (including phenoxy) is 2. The zero-order valence-electron chi connectivity index (χ0n) is 14.4. The number of fused-ring (bicyclic) bond motifs is 1. The van der Waals surface area contributed by atoms with Gasteiger partial charge in [0.2, 0.25) is 5.91 Å². The SMILES string of the molecule is COc1ccc(C2=NN(CC(=O)O)C(=O)C3CCCCC23)cc1OC. The molecule has 0 radical (unpaired) electrons. The van der Waals surface area contributed by atoms with Crippen LogP contribution < -0.4 is 9.47 Å². The number of benzene rings is 1. The van der Waals surface area contributed by atoms with Gasteiger partial charge in [-0.15, -0.1) is 0 Å². The van der Waals surface area contributed by atoms with Crippen LogP contribution in [0.15, 0.2) is 23.3 Å². The number of aliphatic carboxylic acids is 1. The fraction of sp³-hybridized carbons (Fsp3) is 0.500. The lowest BCUT2D eigenvalue weighted by atomic mass is 9.73. The number of carboxylic acids is 1.